The van der Waals surface area contributed by atoms with Crippen molar-refractivity contribution >= 4 is 33.4 Å². The van der Waals surface area contributed by atoms with Crippen molar-refractivity contribution in [2.75, 3.05) is 37.4 Å². The zero-order valence-electron chi connectivity index (χ0n) is 21.7. The number of hydrogen-bond acceptors (Lipinski definition) is 7. The Balaban J connectivity index is 1.39. The van der Waals surface area contributed by atoms with E-state index in [1.165, 1.54) is 16.1 Å². The van der Waals surface area contributed by atoms with Gasteiger partial charge in [0.15, 0.2) is 11.0 Å². The molecule has 0 bridgehead atoms. The van der Waals surface area contributed by atoms with Crippen LogP contribution in [-0.4, -0.2) is 65.5 Å². The molecule has 1 amide bonds. The van der Waals surface area contributed by atoms with Crippen molar-refractivity contribution in [1.29, 1.82) is 0 Å². The van der Waals surface area contributed by atoms with Crippen LogP contribution in [0.1, 0.15) is 42.9 Å². The molecule has 3 aromatic rings. The van der Waals surface area contributed by atoms with Gasteiger partial charge in [-0.25, -0.2) is 8.42 Å². The highest BCUT2D eigenvalue weighted by molar-refractivity contribution is 7.99. The zero-order chi connectivity index (χ0) is 26.7. The third-order valence-corrected chi connectivity index (χ3v) is 9.89. The van der Waals surface area contributed by atoms with Gasteiger partial charge in [0.2, 0.25) is 15.9 Å². The summed E-state index contributed by atoms with van der Waals surface area (Å²) in [6.07, 6.45) is 4.23. The van der Waals surface area contributed by atoms with Crippen LogP contribution in [0.15, 0.2) is 52.5 Å². The van der Waals surface area contributed by atoms with Gasteiger partial charge in [0.1, 0.15) is 0 Å². The normalized spacial score (nSPS) is 17.1. The van der Waals surface area contributed by atoms with Crippen LogP contribution in [0.5, 0.6) is 0 Å². The number of benzene rings is 2. The number of aryl methyl sites for hydroxylation is 2. The number of anilines is 1. The van der Waals surface area contributed by atoms with Gasteiger partial charge in [-0.3, -0.25) is 9.36 Å². The number of morpholine rings is 1. The topological polar surface area (TPSA) is 106 Å². The molecular weight excluding hydrogens is 522 g/mol. The minimum Gasteiger partial charge on any atom is -0.379 e. The summed E-state index contributed by atoms with van der Waals surface area (Å²) in [4.78, 5) is 13.0. The van der Waals surface area contributed by atoms with Crippen molar-refractivity contribution < 1.29 is 17.9 Å². The maximum atomic E-state index is 13.3. The van der Waals surface area contributed by atoms with Crippen LogP contribution in [-0.2, 0) is 19.6 Å². The van der Waals surface area contributed by atoms with Crippen molar-refractivity contribution in [3.63, 3.8) is 0 Å². The first kappa shape index (κ1) is 26.9. The second kappa shape index (κ2) is 11.6. The van der Waals surface area contributed by atoms with Crippen LogP contribution in [0.3, 0.4) is 0 Å². The van der Waals surface area contributed by atoms with E-state index in [1.807, 2.05) is 38.1 Å². The molecule has 1 N–H and O–H groups in total. The third-order valence-electron chi connectivity index (χ3n) is 7.05. The molecule has 1 aliphatic heterocycles. The summed E-state index contributed by atoms with van der Waals surface area (Å²) in [5.74, 6) is 0.724. The van der Waals surface area contributed by atoms with Gasteiger partial charge in [-0.1, -0.05) is 48.9 Å². The molecule has 1 aliphatic carbocycles. The van der Waals surface area contributed by atoms with E-state index in [2.05, 4.69) is 20.1 Å². The molecule has 9 nitrogen and oxygen atoms in total. The van der Waals surface area contributed by atoms with Crippen LogP contribution in [0.25, 0.3) is 11.4 Å². The van der Waals surface area contributed by atoms with E-state index in [0.29, 0.717) is 42.8 Å². The van der Waals surface area contributed by atoms with Gasteiger partial charge in [-0.05, 0) is 56.0 Å². The monoisotopic (exact) mass is 555 g/mol. The molecule has 2 fully saturated rings. The number of nitrogens with one attached hydrogen (secondary N) is 1. The van der Waals surface area contributed by atoms with Crippen molar-refractivity contribution in [1.82, 2.24) is 19.1 Å². The predicted molar refractivity (Wildman–Crippen MR) is 148 cm³/mol. The second-order valence-electron chi connectivity index (χ2n) is 9.81. The van der Waals surface area contributed by atoms with E-state index in [1.54, 1.807) is 18.2 Å². The van der Waals surface area contributed by atoms with Crippen molar-refractivity contribution in [3.05, 3.63) is 53.6 Å². The number of amides is 1. The number of hydrogen-bond donors (Lipinski definition) is 1. The maximum absolute atomic E-state index is 13.3. The Labute approximate surface area is 228 Å². The van der Waals surface area contributed by atoms with Gasteiger partial charge in [0.25, 0.3) is 0 Å². The highest BCUT2D eigenvalue weighted by Gasteiger charge is 2.29. The summed E-state index contributed by atoms with van der Waals surface area (Å²) < 4.78 is 35.4. The smallest absolute Gasteiger partial charge is 0.243 e. The van der Waals surface area contributed by atoms with Crippen molar-refractivity contribution in [3.8, 4) is 11.4 Å². The highest BCUT2D eigenvalue weighted by Crippen LogP contribution is 2.37. The zero-order valence-corrected chi connectivity index (χ0v) is 23.4. The van der Waals surface area contributed by atoms with Gasteiger partial charge in [-0.2, -0.15) is 4.31 Å². The molecule has 0 atom stereocenters. The molecule has 38 heavy (non-hydrogen) atoms. The number of sulfonamides is 1. The van der Waals surface area contributed by atoms with E-state index in [4.69, 9.17) is 4.74 Å². The molecule has 1 saturated heterocycles. The molecule has 1 saturated carbocycles. The minimum atomic E-state index is -3.64. The Kier molecular flexibility index (Phi) is 8.18. The quantitative estimate of drug-likeness (QED) is 0.410. The van der Waals surface area contributed by atoms with Crippen LogP contribution < -0.4 is 5.32 Å². The first-order valence-corrected chi connectivity index (χ1v) is 15.4. The summed E-state index contributed by atoms with van der Waals surface area (Å²) in [6, 6.07) is 13.1. The summed E-state index contributed by atoms with van der Waals surface area (Å²) >= 11 is 1.36. The lowest BCUT2D eigenvalue weighted by molar-refractivity contribution is -0.113. The lowest BCUT2D eigenvalue weighted by atomic mass is 10.1. The number of nitrogens with zero attached hydrogens (tertiary/aromatic N) is 4. The number of aromatic nitrogens is 3. The van der Waals surface area contributed by atoms with E-state index in [9.17, 15) is 13.2 Å². The molecule has 0 radical (unpaired) electrons. The fourth-order valence-electron chi connectivity index (χ4n) is 4.98. The molecule has 2 aliphatic rings. The number of rotatable bonds is 8. The highest BCUT2D eigenvalue weighted by atomic mass is 32.2. The number of carbonyl (C=O) groups is 1. The van der Waals surface area contributed by atoms with Gasteiger partial charge in [-0.15, -0.1) is 10.2 Å². The van der Waals surface area contributed by atoms with Crippen LogP contribution >= 0.6 is 11.8 Å². The Bertz CT molecular complexity index is 1410. The molecule has 0 unspecified atom stereocenters. The van der Waals surface area contributed by atoms with Gasteiger partial charge >= 0.3 is 0 Å². The first-order chi connectivity index (χ1) is 18.3. The second-order valence-corrected chi connectivity index (χ2v) is 12.7. The lowest BCUT2D eigenvalue weighted by Gasteiger charge is -2.26. The maximum Gasteiger partial charge on any atom is 0.243 e. The van der Waals surface area contributed by atoms with Crippen LogP contribution in [0.4, 0.5) is 5.69 Å². The van der Waals surface area contributed by atoms with E-state index in [0.717, 1.165) is 42.5 Å². The van der Waals surface area contributed by atoms with E-state index >= 15 is 0 Å². The number of carbonyl (C=O) groups excluding carboxylic acids is 1. The minimum absolute atomic E-state index is 0.107. The Morgan fingerprint density at radius 2 is 1.84 bits per heavy atom. The van der Waals surface area contributed by atoms with E-state index < -0.39 is 10.0 Å². The SMILES string of the molecule is Cc1ccc(C)c(NC(=O)CSc2nnc(-c3cccc(S(=O)(=O)N4CCOCC4)c3)n2C2CCCC2)c1. The first-order valence-electron chi connectivity index (χ1n) is 13.0. The Hall–Kier alpha value is -2.73. The third kappa shape index (κ3) is 5.80. The van der Waals surface area contributed by atoms with Crippen molar-refractivity contribution in [2.45, 2.75) is 55.6 Å². The summed E-state index contributed by atoms with van der Waals surface area (Å²) in [5, 5.41) is 12.6. The number of ether oxygens (including phenoxy) is 1. The molecule has 1 aromatic heterocycles. The average molecular weight is 556 g/mol. The average Bonchev–Trinajstić information content (AvgIpc) is 3.60. The van der Waals surface area contributed by atoms with Crippen LogP contribution in [0.2, 0.25) is 0 Å². The molecule has 0 spiro atoms. The van der Waals surface area contributed by atoms with Gasteiger partial charge in [0, 0.05) is 30.4 Å². The molecule has 5 rings (SSSR count). The van der Waals surface area contributed by atoms with Gasteiger partial charge < -0.3 is 10.1 Å². The largest absolute Gasteiger partial charge is 0.379 e. The van der Waals surface area contributed by atoms with E-state index in [-0.39, 0.29) is 22.6 Å². The lowest BCUT2D eigenvalue weighted by Crippen LogP contribution is -2.40. The number of thioether (sulfide) groups is 1. The Morgan fingerprint density at radius 1 is 1.08 bits per heavy atom. The molecule has 2 aromatic carbocycles. The summed E-state index contributed by atoms with van der Waals surface area (Å²) in [7, 11) is -3.64. The van der Waals surface area contributed by atoms with Crippen LogP contribution in [0, 0.1) is 13.8 Å². The fraction of sp³-hybridized carbons (Fsp3) is 0.444. The fourth-order valence-corrected chi connectivity index (χ4v) is 7.24. The standard InChI is InChI=1S/C27H33N5O4S2/c1-19-10-11-20(2)24(16-19)28-25(33)18-37-27-30-29-26(32(27)22-7-3-4-8-22)21-6-5-9-23(17-21)38(34,35)31-12-14-36-15-13-31/h5-6,9-11,16-17,22H,3-4,7-8,12-15,18H2,1-2H3,(H,28,33). The summed E-state index contributed by atoms with van der Waals surface area (Å²) in [6.45, 7) is 5.44. The Morgan fingerprint density at radius 3 is 2.61 bits per heavy atom. The van der Waals surface area contributed by atoms with Gasteiger partial charge in [0.05, 0.1) is 23.9 Å². The molecular formula is C27H33N5O4S2. The summed E-state index contributed by atoms with van der Waals surface area (Å²) in [5.41, 5.74) is 3.61. The molecule has 11 heteroatoms. The predicted octanol–water partition coefficient (Wildman–Crippen LogP) is 4.43. The molecule has 202 valence electrons. The molecule has 2 heterocycles. The van der Waals surface area contributed by atoms with Crippen molar-refractivity contribution in [2.24, 2.45) is 0 Å².